The first kappa shape index (κ1) is 21.0. The van der Waals surface area contributed by atoms with Crippen LogP contribution in [-0.4, -0.2) is 53.8 Å². The van der Waals surface area contributed by atoms with Crippen LogP contribution >= 0.6 is 0 Å². The Morgan fingerprint density at radius 1 is 1.17 bits per heavy atom. The molecule has 1 aliphatic heterocycles. The van der Waals surface area contributed by atoms with E-state index in [0.717, 1.165) is 12.8 Å². The molecule has 2 N–H and O–H groups in total. The van der Waals surface area contributed by atoms with E-state index in [1.807, 2.05) is 0 Å². The minimum absolute atomic E-state index is 0.0597. The monoisotopic (exact) mass is 408 g/mol. The van der Waals surface area contributed by atoms with Crippen LogP contribution < -0.4 is 15.2 Å². The lowest BCUT2D eigenvalue weighted by molar-refractivity contribution is -0.127. The zero-order chi connectivity index (χ0) is 21.7. The second-order valence-electron chi connectivity index (χ2n) is 6.85. The van der Waals surface area contributed by atoms with Gasteiger partial charge in [0.1, 0.15) is 17.2 Å². The summed E-state index contributed by atoms with van der Waals surface area (Å²) in [7, 11) is 3.12. The summed E-state index contributed by atoms with van der Waals surface area (Å²) < 4.78 is 12.2. The largest absolute Gasteiger partial charge is 0.497 e. The number of carbonyl (C=O) groups excluding carboxylic acids is 2. The van der Waals surface area contributed by atoms with Gasteiger partial charge in [0.2, 0.25) is 5.91 Å². The number of rotatable bonds is 5. The van der Waals surface area contributed by atoms with Crippen molar-refractivity contribution in [3.05, 3.63) is 53.9 Å². The molecule has 0 spiro atoms. The normalized spacial score (nSPS) is 13.9. The highest BCUT2D eigenvalue weighted by molar-refractivity contribution is 5.94. The van der Waals surface area contributed by atoms with Crippen LogP contribution in [-0.2, 0) is 4.79 Å². The Morgan fingerprint density at radius 2 is 1.80 bits per heavy atom. The summed E-state index contributed by atoms with van der Waals surface area (Å²) in [4.78, 5) is 25.4. The highest BCUT2D eigenvalue weighted by atomic mass is 16.5. The molecular weight excluding hydrogens is 384 g/mol. The van der Waals surface area contributed by atoms with Crippen LogP contribution in [0.2, 0.25) is 0 Å². The van der Waals surface area contributed by atoms with Gasteiger partial charge in [-0.05, 0) is 37.0 Å². The van der Waals surface area contributed by atoms with Crippen molar-refractivity contribution in [2.75, 3.05) is 27.3 Å². The molecule has 0 unspecified atom stereocenters. The van der Waals surface area contributed by atoms with E-state index < -0.39 is 5.91 Å². The molecule has 0 radical (unpaired) electrons. The number of carbonyl (C=O) groups is 2. The van der Waals surface area contributed by atoms with Crippen molar-refractivity contribution >= 4 is 11.8 Å². The number of hydrogen-bond acceptors (Lipinski definition) is 5. The third-order valence-electron chi connectivity index (χ3n) is 5.00. The molecule has 0 bridgehead atoms. The summed E-state index contributed by atoms with van der Waals surface area (Å²) in [6, 6.07) is 5.34. The van der Waals surface area contributed by atoms with Crippen LogP contribution in [0.25, 0.3) is 0 Å². The summed E-state index contributed by atoms with van der Waals surface area (Å²) in [6.45, 7) is 4.73. The number of amides is 2. The fraction of sp³-hybridized carbons (Fsp3) is 0.318. The zero-order valence-corrected chi connectivity index (χ0v) is 17.1. The molecule has 0 aliphatic carbocycles. The minimum atomic E-state index is -0.590. The van der Waals surface area contributed by atoms with E-state index in [1.54, 1.807) is 48.2 Å². The molecular formula is C22H24N4O4. The molecule has 0 atom stereocenters. The molecule has 2 aromatic rings. The molecule has 2 heterocycles. The second-order valence-corrected chi connectivity index (χ2v) is 6.85. The predicted molar refractivity (Wildman–Crippen MR) is 111 cm³/mol. The van der Waals surface area contributed by atoms with Crippen LogP contribution in [0, 0.1) is 11.8 Å². The van der Waals surface area contributed by atoms with Crippen molar-refractivity contribution in [1.29, 1.82) is 0 Å². The highest BCUT2D eigenvalue weighted by Gasteiger charge is 2.24. The number of ether oxygens (including phenoxy) is 2. The first-order valence-corrected chi connectivity index (χ1v) is 9.50. The van der Waals surface area contributed by atoms with E-state index in [4.69, 9.17) is 15.2 Å². The number of benzene rings is 1. The SMILES string of the molecule is C=CC(=O)N1CCC(n2cc(C(N)=O)c(C#Cc3cc(OC)cc(OC)c3)n2)CC1. The average molecular weight is 408 g/mol. The molecule has 3 rings (SSSR count). The van der Waals surface area contributed by atoms with Gasteiger partial charge in [-0.3, -0.25) is 14.3 Å². The summed E-state index contributed by atoms with van der Waals surface area (Å²) in [5.74, 6) is 6.49. The lowest BCUT2D eigenvalue weighted by atomic mass is 10.1. The maximum Gasteiger partial charge on any atom is 0.253 e. The van der Waals surface area contributed by atoms with Gasteiger partial charge in [0, 0.05) is 30.9 Å². The van der Waals surface area contributed by atoms with Crippen molar-refractivity contribution in [2.45, 2.75) is 18.9 Å². The van der Waals surface area contributed by atoms with E-state index in [-0.39, 0.29) is 17.5 Å². The number of hydrogen-bond donors (Lipinski definition) is 1. The molecule has 1 fully saturated rings. The van der Waals surface area contributed by atoms with E-state index >= 15 is 0 Å². The number of primary amides is 1. The van der Waals surface area contributed by atoms with Crippen molar-refractivity contribution < 1.29 is 19.1 Å². The Hall–Kier alpha value is -3.73. The highest BCUT2D eigenvalue weighted by Crippen LogP contribution is 2.24. The fourth-order valence-electron chi connectivity index (χ4n) is 3.34. The van der Waals surface area contributed by atoms with E-state index in [0.29, 0.717) is 35.8 Å². The van der Waals surface area contributed by atoms with Crippen molar-refractivity contribution in [2.24, 2.45) is 5.73 Å². The van der Waals surface area contributed by atoms with Crippen LogP contribution in [0.5, 0.6) is 11.5 Å². The van der Waals surface area contributed by atoms with Crippen LogP contribution in [0.4, 0.5) is 0 Å². The molecule has 2 amide bonds. The summed E-state index contributed by atoms with van der Waals surface area (Å²) in [5.41, 5.74) is 6.77. The average Bonchev–Trinajstić information content (AvgIpc) is 3.21. The Labute approximate surface area is 175 Å². The number of methoxy groups -OCH3 is 2. The lowest BCUT2D eigenvalue weighted by Crippen LogP contribution is -2.38. The molecule has 1 saturated heterocycles. The number of piperidine rings is 1. The van der Waals surface area contributed by atoms with Crippen LogP contribution in [0.3, 0.4) is 0 Å². The van der Waals surface area contributed by atoms with Gasteiger partial charge >= 0.3 is 0 Å². The molecule has 156 valence electrons. The fourth-order valence-corrected chi connectivity index (χ4v) is 3.34. The smallest absolute Gasteiger partial charge is 0.253 e. The van der Waals surface area contributed by atoms with Gasteiger partial charge in [-0.2, -0.15) is 5.10 Å². The Kier molecular flexibility index (Phi) is 6.42. The zero-order valence-electron chi connectivity index (χ0n) is 17.1. The topological polar surface area (TPSA) is 99.7 Å². The number of nitrogens with two attached hydrogens (primary N) is 1. The molecule has 1 aromatic heterocycles. The maximum atomic E-state index is 11.9. The second kappa shape index (κ2) is 9.18. The van der Waals surface area contributed by atoms with Gasteiger partial charge in [0.05, 0.1) is 25.8 Å². The number of likely N-dealkylation sites (tertiary alicyclic amines) is 1. The summed E-state index contributed by atoms with van der Waals surface area (Å²) >= 11 is 0. The molecule has 8 heteroatoms. The quantitative estimate of drug-likeness (QED) is 0.600. The Bertz CT molecular complexity index is 1000. The van der Waals surface area contributed by atoms with Gasteiger partial charge in [-0.15, -0.1) is 0 Å². The molecule has 30 heavy (non-hydrogen) atoms. The first-order chi connectivity index (χ1) is 14.4. The van der Waals surface area contributed by atoms with Gasteiger partial charge in [0.25, 0.3) is 5.91 Å². The van der Waals surface area contributed by atoms with Gasteiger partial charge in [-0.25, -0.2) is 0 Å². The Balaban J connectivity index is 1.85. The third-order valence-corrected chi connectivity index (χ3v) is 5.00. The summed E-state index contributed by atoms with van der Waals surface area (Å²) in [6.07, 6.45) is 4.40. The van der Waals surface area contributed by atoms with Crippen LogP contribution in [0.1, 0.15) is 40.5 Å². The minimum Gasteiger partial charge on any atom is -0.497 e. The standard InChI is InChI=1S/C22H24N4O4/c1-4-21(27)25-9-7-16(8-10-25)26-14-19(22(23)28)20(24-26)6-5-15-11-17(29-2)13-18(12-15)30-3/h4,11-14,16H,1,7-10H2,2-3H3,(H2,23,28). The van der Waals surface area contributed by atoms with Gasteiger partial charge < -0.3 is 20.1 Å². The van der Waals surface area contributed by atoms with Crippen molar-refractivity contribution in [1.82, 2.24) is 14.7 Å². The first-order valence-electron chi connectivity index (χ1n) is 9.50. The van der Waals surface area contributed by atoms with E-state index in [2.05, 4.69) is 23.5 Å². The lowest BCUT2D eigenvalue weighted by Gasteiger charge is -2.31. The molecule has 1 aliphatic rings. The van der Waals surface area contributed by atoms with Crippen molar-refractivity contribution in [3.8, 4) is 23.3 Å². The molecule has 1 aromatic carbocycles. The number of aromatic nitrogens is 2. The Morgan fingerprint density at radius 3 is 2.33 bits per heavy atom. The summed E-state index contributed by atoms with van der Waals surface area (Å²) in [5, 5.41) is 4.50. The van der Waals surface area contributed by atoms with E-state index in [1.165, 1.54) is 6.08 Å². The van der Waals surface area contributed by atoms with Crippen molar-refractivity contribution in [3.63, 3.8) is 0 Å². The molecule has 8 nitrogen and oxygen atoms in total. The van der Waals surface area contributed by atoms with Crippen LogP contribution in [0.15, 0.2) is 37.1 Å². The van der Waals surface area contributed by atoms with Gasteiger partial charge in [0.15, 0.2) is 0 Å². The predicted octanol–water partition coefficient (Wildman–Crippen LogP) is 1.75. The maximum absolute atomic E-state index is 11.9. The van der Waals surface area contributed by atoms with E-state index in [9.17, 15) is 9.59 Å². The number of nitrogens with zero attached hydrogens (tertiary/aromatic N) is 3. The van der Waals surface area contributed by atoms with Gasteiger partial charge in [-0.1, -0.05) is 12.5 Å². The molecule has 0 saturated carbocycles. The third kappa shape index (κ3) is 4.63.